The van der Waals surface area contributed by atoms with Crippen LogP contribution in [0.5, 0.6) is 0 Å². The van der Waals surface area contributed by atoms with Gasteiger partial charge in [-0.2, -0.15) is 4.99 Å². The predicted molar refractivity (Wildman–Crippen MR) is 242 cm³/mol. The second-order valence-corrected chi connectivity index (χ2v) is 20.0. The molecule has 1 N–H and O–H groups in total. The molecule has 1 fully saturated rings. The highest BCUT2D eigenvalue weighted by molar-refractivity contribution is 8.00. The van der Waals surface area contributed by atoms with E-state index in [9.17, 15) is 0 Å². The fourth-order valence-electron chi connectivity index (χ4n) is 12.9. The molecule has 6 unspecified atom stereocenters. The minimum absolute atomic E-state index is 0.0147. The van der Waals surface area contributed by atoms with E-state index in [0.29, 0.717) is 23.6 Å². The molecule has 3 nitrogen and oxygen atoms in total. The zero-order valence-electron chi connectivity index (χ0n) is 33.7. The van der Waals surface area contributed by atoms with Gasteiger partial charge < -0.3 is 9.73 Å². The van der Waals surface area contributed by atoms with E-state index in [1.807, 2.05) is 17.8 Å². The monoisotopic (exact) mass is 784 g/mol. The third kappa shape index (κ3) is 4.87. The molecule has 0 radical (unpaired) electrons. The number of amidine groups is 1. The van der Waals surface area contributed by atoms with Crippen LogP contribution in [0, 0.1) is 11.3 Å². The Bertz CT molecular complexity index is 2850. The maximum atomic E-state index is 6.46. The summed E-state index contributed by atoms with van der Waals surface area (Å²) in [5.74, 6) is 3.31. The highest BCUT2D eigenvalue weighted by Crippen LogP contribution is 2.65. The number of hydrogen-bond donors (Lipinski definition) is 1. The lowest BCUT2D eigenvalue weighted by molar-refractivity contribution is 0.232. The van der Waals surface area contributed by atoms with Crippen LogP contribution >= 0.6 is 11.8 Å². The average molecular weight is 785 g/mol. The third-order valence-electron chi connectivity index (χ3n) is 15.6. The number of aliphatic imine (C=N–C) groups is 1. The van der Waals surface area contributed by atoms with Crippen LogP contribution < -0.4 is 5.32 Å². The van der Waals surface area contributed by atoms with Crippen LogP contribution in [0.4, 0.5) is 5.88 Å². The zero-order valence-corrected chi connectivity index (χ0v) is 34.6. The Kier molecular flexibility index (Phi) is 7.37. The Balaban J connectivity index is 0.815. The van der Waals surface area contributed by atoms with E-state index in [2.05, 4.69) is 153 Å². The molecule has 290 valence electrons. The number of nitrogens with zero attached hydrogens (tertiary/aromatic N) is 1. The van der Waals surface area contributed by atoms with Crippen molar-refractivity contribution in [1.82, 2.24) is 5.32 Å². The molecule has 1 spiro atoms. The summed E-state index contributed by atoms with van der Waals surface area (Å²) in [7, 11) is 0. The van der Waals surface area contributed by atoms with Crippen LogP contribution in [0.3, 0.4) is 0 Å². The lowest BCUT2D eigenvalue weighted by Crippen LogP contribution is -2.36. The fraction of sp³-hybridized carbons (Fsp3) is 0.291. The van der Waals surface area contributed by atoms with Gasteiger partial charge in [0.15, 0.2) is 0 Å². The number of thioether (sulfide) groups is 1. The lowest BCUT2D eigenvalue weighted by atomic mass is 9.62. The molecule has 3 heterocycles. The van der Waals surface area contributed by atoms with E-state index in [1.54, 1.807) is 33.4 Å². The van der Waals surface area contributed by atoms with E-state index < -0.39 is 0 Å². The molecule has 5 aromatic rings. The fourth-order valence-corrected chi connectivity index (χ4v) is 14.3. The van der Waals surface area contributed by atoms with E-state index >= 15 is 0 Å². The molecule has 8 aliphatic rings. The number of hydrogen-bond acceptors (Lipinski definition) is 4. The van der Waals surface area contributed by atoms with E-state index in [-0.39, 0.29) is 28.0 Å². The van der Waals surface area contributed by atoms with Gasteiger partial charge in [0.05, 0.1) is 11.6 Å². The second kappa shape index (κ2) is 12.6. The second-order valence-electron chi connectivity index (χ2n) is 18.8. The topological polar surface area (TPSA) is 37.5 Å². The molecule has 0 amide bonds. The van der Waals surface area contributed by atoms with Gasteiger partial charge >= 0.3 is 0 Å². The third-order valence-corrected chi connectivity index (χ3v) is 17.1. The van der Waals surface area contributed by atoms with Crippen molar-refractivity contribution < 1.29 is 4.42 Å². The van der Waals surface area contributed by atoms with E-state index in [1.165, 1.54) is 59.3 Å². The quantitative estimate of drug-likeness (QED) is 0.198. The molecule has 1 aromatic heterocycles. The highest BCUT2D eigenvalue weighted by atomic mass is 32.2. The van der Waals surface area contributed by atoms with Crippen LogP contribution in [0.1, 0.15) is 110 Å². The zero-order chi connectivity index (χ0) is 39.0. The van der Waals surface area contributed by atoms with Crippen LogP contribution in [0.25, 0.3) is 11.0 Å². The SMILES string of the molecule is CC1(C)C2=CC3c4ccccc4C4(CCCCC4)C3C=C2C2=C1C=CC(c1ccc3c(c1)C1C=CC=C(C4=Nc5oc6ccccc6c5C(c5ccccc5)N4)C1S3)C2. The van der Waals surface area contributed by atoms with Crippen molar-refractivity contribution in [2.75, 3.05) is 0 Å². The average Bonchev–Trinajstić information content (AvgIpc) is 3.99. The molecular formula is C55H48N2OS. The lowest BCUT2D eigenvalue weighted by Gasteiger charge is -2.42. The molecule has 6 atom stereocenters. The minimum atomic E-state index is -0.0523. The minimum Gasteiger partial charge on any atom is -0.438 e. The molecule has 1 saturated carbocycles. The standard InChI is InChI=1S/C55H48N2OS/c1-54(2)43-24-22-33(28-39(43)41-31-46-40(30-45(41)54)35-16-7-9-20-44(35)55(46)26-11-4-12-27-55)34-23-25-48-42(29-34)36-18-13-19-38(51(36)59-48)52-56-50(32-14-5-3-6-15-32)49-37-17-8-10-21-47(37)58-53(49)57-52/h3,5-10,13-25,29-31,33,36,40,46,50-51H,4,11-12,26-28H2,1-2H3,(H,56,57). The van der Waals surface area contributed by atoms with Crippen LogP contribution in [0.15, 0.2) is 182 Å². The number of allylic oxidation sites excluding steroid dienone is 11. The normalized spacial score (nSPS) is 28.6. The summed E-state index contributed by atoms with van der Waals surface area (Å²) < 4.78 is 6.46. The Morgan fingerprint density at radius 3 is 2.53 bits per heavy atom. The molecular weight excluding hydrogens is 737 g/mol. The number of nitrogens with one attached hydrogen (secondary N) is 1. The van der Waals surface area contributed by atoms with Crippen molar-refractivity contribution in [3.05, 3.63) is 201 Å². The summed E-state index contributed by atoms with van der Waals surface area (Å²) in [6, 6.07) is 35.9. The molecule has 6 aliphatic carbocycles. The molecule has 13 rings (SSSR count). The first kappa shape index (κ1) is 34.5. The van der Waals surface area contributed by atoms with Gasteiger partial charge in [-0.05, 0) is 87.4 Å². The van der Waals surface area contributed by atoms with Crippen molar-refractivity contribution in [3.63, 3.8) is 0 Å². The van der Waals surface area contributed by atoms with Crippen molar-refractivity contribution in [1.29, 1.82) is 0 Å². The number of rotatable bonds is 3. The van der Waals surface area contributed by atoms with Crippen LogP contribution in [0.2, 0.25) is 0 Å². The summed E-state index contributed by atoms with van der Waals surface area (Å²) in [4.78, 5) is 6.61. The number of para-hydroxylation sites is 1. The summed E-state index contributed by atoms with van der Waals surface area (Å²) in [6.07, 6.45) is 25.3. The maximum absolute atomic E-state index is 6.46. The first-order valence-electron chi connectivity index (χ1n) is 22.0. The van der Waals surface area contributed by atoms with E-state index in [0.717, 1.165) is 28.8 Å². The Morgan fingerprint density at radius 2 is 1.63 bits per heavy atom. The molecule has 4 heteroatoms. The van der Waals surface area contributed by atoms with Crippen molar-refractivity contribution >= 4 is 34.5 Å². The highest BCUT2D eigenvalue weighted by Gasteiger charge is 2.54. The van der Waals surface area contributed by atoms with Gasteiger partial charge in [-0.25, -0.2) is 0 Å². The van der Waals surface area contributed by atoms with Gasteiger partial charge in [0.1, 0.15) is 11.4 Å². The van der Waals surface area contributed by atoms with Crippen molar-refractivity contribution in [3.8, 4) is 0 Å². The first-order chi connectivity index (χ1) is 29.0. The number of benzene rings is 4. The number of furan rings is 1. The Morgan fingerprint density at radius 1 is 0.797 bits per heavy atom. The smallest absolute Gasteiger partial charge is 0.227 e. The van der Waals surface area contributed by atoms with Gasteiger partial charge in [-0.15, -0.1) is 11.8 Å². The van der Waals surface area contributed by atoms with Crippen LogP contribution in [-0.2, 0) is 5.41 Å². The van der Waals surface area contributed by atoms with Gasteiger partial charge in [0.25, 0.3) is 0 Å². The molecule has 59 heavy (non-hydrogen) atoms. The summed E-state index contributed by atoms with van der Waals surface area (Å²) in [6.45, 7) is 4.96. The van der Waals surface area contributed by atoms with Gasteiger partial charge in [-0.1, -0.05) is 161 Å². The van der Waals surface area contributed by atoms with Crippen LogP contribution in [-0.4, -0.2) is 11.1 Å². The van der Waals surface area contributed by atoms with Gasteiger partial charge in [-0.3, -0.25) is 0 Å². The molecule has 0 saturated heterocycles. The molecule has 4 aromatic carbocycles. The van der Waals surface area contributed by atoms with Crippen molar-refractivity contribution in [2.45, 2.75) is 91.7 Å². The molecule has 2 aliphatic heterocycles. The largest absolute Gasteiger partial charge is 0.438 e. The number of fused-ring (bicyclic) bond motifs is 13. The summed E-state index contributed by atoms with van der Waals surface area (Å²) in [5, 5.41) is 5.27. The Labute approximate surface area is 351 Å². The first-order valence-corrected chi connectivity index (χ1v) is 22.9. The Hall–Kier alpha value is -5.32. The van der Waals surface area contributed by atoms with Gasteiger partial charge in [0, 0.05) is 49.7 Å². The van der Waals surface area contributed by atoms with Crippen molar-refractivity contribution in [2.24, 2.45) is 16.3 Å². The van der Waals surface area contributed by atoms with Gasteiger partial charge in [0.2, 0.25) is 5.88 Å². The van der Waals surface area contributed by atoms with E-state index in [4.69, 9.17) is 9.41 Å². The predicted octanol–water partition coefficient (Wildman–Crippen LogP) is 13.8. The molecule has 0 bridgehead atoms. The maximum Gasteiger partial charge on any atom is 0.227 e. The summed E-state index contributed by atoms with van der Waals surface area (Å²) >= 11 is 1.99. The summed E-state index contributed by atoms with van der Waals surface area (Å²) in [5.41, 5.74) is 17.2.